The maximum atomic E-state index is 11.9. The lowest BCUT2D eigenvalue weighted by atomic mass is 10.2. The van der Waals surface area contributed by atoms with Gasteiger partial charge in [-0.2, -0.15) is 0 Å². The fourth-order valence-corrected chi connectivity index (χ4v) is 2.48. The van der Waals surface area contributed by atoms with Crippen molar-refractivity contribution < 1.29 is 23.7 Å². The number of nitrogens with one attached hydrogen (secondary N) is 1. The number of amides is 1. The minimum absolute atomic E-state index is 0.129. The predicted molar refractivity (Wildman–Crippen MR) is 94.4 cm³/mol. The molecule has 7 heteroatoms. The second kappa shape index (κ2) is 8.69. The van der Waals surface area contributed by atoms with Gasteiger partial charge in [0.1, 0.15) is 11.4 Å². The molecule has 0 aliphatic carbocycles. The Morgan fingerprint density at radius 3 is 2.71 bits per heavy atom. The number of carbonyl (C=O) groups excluding carboxylic acids is 1. The smallest absolute Gasteiger partial charge is 0.412 e. The van der Waals surface area contributed by atoms with E-state index in [0.29, 0.717) is 31.3 Å². The summed E-state index contributed by atoms with van der Waals surface area (Å²) in [7, 11) is 0. The van der Waals surface area contributed by atoms with Crippen LogP contribution in [-0.4, -0.2) is 37.8 Å². The average molecular weight is 402 g/mol. The van der Waals surface area contributed by atoms with Gasteiger partial charge in [0.2, 0.25) is 0 Å². The van der Waals surface area contributed by atoms with Crippen molar-refractivity contribution in [3.05, 3.63) is 22.7 Å². The summed E-state index contributed by atoms with van der Waals surface area (Å²) in [5.41, 5.74) is 0.0164. The van der Waals surface area contributed by atoms with Crippen LogP contribution in [-0.2, 0) is 14.2 Å². The van der Waals surface area contributed by atoms with Crippen molar-refractivity contribution in [1.82, 2.24) is 0 Å². The van der Waals surface area contributed by atoms with Crippen LogP contribution in [0.4, 0.5) is 10.5 Å². The van der Waals surface area contributed by atoms with Gasteiger partial charge in [0.05, 0.1) is 25.5 Å². The van der Waals surface area contributed by atoms with Crippen molar-refractivity contribution in [3.63, 3.8) is 0 Å². The monoisotopic (exact) mass is 401 g/mol. The van der Waals surface area contributed by atoms with Crippen molar-refractivity contribution in [2.45, 2.75) is 45.5 Å². The molecule has 134 valence electrons. The molecule has 0 bridgehead atoms. The van der Waals surface area contributed by atoms with Gasteiger partial charge < -0.3 is 18.9 Å². The normalized spacial score (nSPS) is 15.3. The summed E-state index contributed by atoms with van der Waals surface area (Å²) < 4.78 is 22.7. The van der Waals surface area contributed by atoms with E-state index in [0.717, 1.165) is 17.3 Å². The highest BCUT2D eigenvalue weighted by Gasteiger charge is 2.18. The summed E-state index contributed by atoms with van der Waals surface area (Å²) in [5, 5.41) is 2.72. The van der Waals surface area contributed by atoms with Gasteiger partial charge >= 0.3 is 6.09 Å². The maximum absolute atomic E-state index is 11.9. The molecule has 0 spiro atoms. The summed E-state index contributed by atoms with van der Waals surface area (Å²) in [6.07, 6.45) is 0.934. The van der Waals surface area contributed by atoms with Gasteiger partial charge in [0.25, 0.3) is 0 Å². The number of carbonyl (C=O) groups is 1. The topological polar surface area (TPSA) is 66.0 Å². The van der Waals surface area contributed by atoms with E-state index in [1.165, 1.54) is 0 Å². The van der Waals surface area contributed by atoms with Gasteiger partial charge in [-0.25, -0.2) is 4.79 Å². The highest BCUT2D eigenvalue weighted by molar-refractivity contribution is 9.10. The summed E-state index contributed by atoms with van der Waals surface area (Å²) in [6.45, 7) is 7.26. The van der Waals surface area contributed by atoms with Crippen LogP contribution in [0.2, 0.25) is 0 Å². The van der Waals surface area contributed by atoms with Crippen LogP contribution in [0.25, 0.3) is 0 Å². The van der Waals surface area contributed by atoms with Crippen molar-refractivity contribution in [1.29, 1.82) is 0 Å². The molecule has 1 aromatic carbocycles. The standard InChI is InChI=1S/C17H24BrNO5/c1-17(2,3)24-16(20)19-13-7-6-12(18)11-14(13)21-8-4-5-15-22-9-10-23-15/h6-7,11,15H,4-5,8-10H2,1-3H3,(H,19,20). The molecule has 1 aromatic rings. The maximum Gasteiger partial charge on any atom is 0.412 e. The molecular weight excluding hydrogens is 378 g/mol. The van der Waals surface area contributed by atoms with Gasteiger partial charge in [-0.1, -0.05) is 15.9 Å². The van der Waals surface area contributed by atoms with Gasteiger partial charge in [-0.3, -0.25) is 5.32 Å². The molecule has 6 nitrogen and oxygen atoms in total. The van der Waals surface area contributed by atoms with E-state index in [1.54, 1.807) is 6.07 Å². The predicted octanol–water partition coefficient (Wildman–Crippen LogP) is 4.33. The van der Waals surface area contributed by atoms with Gasteiger partial charge in [-0.05, 0) is 45.4 Å². The van der Waals surface area contributed by atoms with Crippen LogP contribution in [0, 0.1) is 0 Å². The summed E-state index contributed by atoms with van der Waals surface area (Å²) >= 11 is 3.41. The van der Waals surface area contributed by atoms with Crippen molar-refractivity contribution in [2.75, 3.05) is 25.1 Å². The molecule has 24 heavy (non-hydrogen) atoms. The molecule has 0 saturated carbocycles. The molecule has 1 aliphatic heterocycles. The molecule has 1 saturated heterocycles. The fourth-order valence-electron chi connectivity index (χ4n) is 2.14. The highest BCUT2D eigenvalue weighted by atomic mass is 79.9. The first kappa shape index (κ1) is 19.0. The third-order valence-electron chi connectivity index (χ3n) is 3.11. The molecule has 1 amide bonds. The molecule has 0 unspecified atom stereocenters. The Balaban J connectivity index is 1.88. The number of halogens is 1. The Labute approximate surface area is 150 Å². The lowest BCUT2D eigenvalue weighted by molar-refractivity contribution is -0.0492. The van der Waals surface area contributed by atoms with Gasteiger partial charge in [-0.15, -0.1) is 0 Å². The third-order valence-corrected chi connectivity index (χ3v) is 3.61. The van der Waals surface area contributed by atoms with E-state index >= 15 is 0 Å². The lowest BCUT2D eigenvalue weighted by Gasteiger charge is -2.20. The van der Waals surface area contributed by atoms with Crippen LogP contribution in [0.1, 0.15) is 33.6 Å². The van der Waals surface area contributed by atoms with Crippen molar-refractivity contribution in [3.8, 4) is 5.75 Å². The Bertz CT molecular complexity index is 552. The third kappa shape index (κ3) is 6.67. The number of ether oxygens (including phenoxy) is 4. The summed E-state index contributed by atoms with van der Waals surface area (Å²) in [6, 6.07) is 5.42. The zero-order chi connectivity index (χ0) is 17.6. The van der Waals surface area contributed by atoms with Crippen LogP contribution >= 0.6 is 15.9 Å². The summed E-state index contributed by atoms with van der Waals surface area (Å²) in [5.74, 6) is 0.587. The Morgan fingerprint density at radius 1 is 1.33 bits per heavy atom. The van der Waals surface area contributed by atoms with E-state index < -0.39 is 11.7 Å². The van der Waals surface area contributed by atoms with Crippen LogP contribution in [0.3, 0.4) is 0 Å². The number of benzene rings is 1. The summed E-state index contributed by atoms with van der Waals surface area (Å²) in [4.78, 5) is 11.9. The first-order valence-corrected chi connectivity index (χ1v) is 8.78. The van der Waals surface area contributed by atoms with E-state index in [9.17, 15) is 4.79 Å². The number of rotatable bonds is 6. The largest absolute Gasteiger partial charge is 0.491 e. The van der Waals surface area contributed by atoms with Gasteiger partial charge in [0.15, 0.2) is 6.29 Å². The SMILES string of the molecule is CC(C)(C)OC(=O)Nc1ccc(Br)cc1OCCCC1OCCO1. The molecule has 1 fully saturated rings. The van der Waals surface area contributed by atoms with E-state index in [1.807, 2.05) is 32.9 Å². The number of hydrogen-bond donors (Lipinski definition) is 1. The Morgan fingerprint density at radius 2 is 2.04 bits per heavy atom. The minimum Gasteiger partial charge on any atom is -0.491 e. The lowest BCUT2D eigenvalue weighted by Crippen LogP contribution is -2.27. The number of anilines is 1. The van der Waals surface area contributed by atoms with Crippen LogP contribution in [0.15, 0.2) is 22.7 Å². The van der Waals surface area contributed by atoms with Crippen molar-refractivity contribution in [2.24, 2.45) is 0 Å². The molecule has 0 radical (unpaired) electrons. The zero-order valence-electron chi connectivity index (χ0n) is 14.3. The molecule has 0 atom stereocenters. The highest BCUT2D eigenvalue weighted by Crippen LogP contribution is 2.29. The first-order valence-electron chi connectivity index (χ1n) is 7.99. The van der Waals surface area contributed by atoms with Crippen LogP contribution < -0.4 is 10.1 Å². The molecule has 0 aromatic heterocycles. The zero-order valence-corrected chi connectivity index (χ0v) is 15.9. The molecular formula is C17H24BrNO5. The quantitative estimate of drug-likeness (QED) is 0.718. The molecule has 1 N–H and O–H groups in total. The van der Waals surface area contributed by atoms with E-state index in [2.05, 4.69) is 21.2 Å². The van der Waals surface area contributed by atoms with Gasteiger partial charge in [0, 0.05) is 10.9 Å². The molecule has 1 aliphatic rings. The second-order valence-corrected chi connectivity index (χ2v) is 7.34. The number of hydrogen-bond acceptors (Lipinski definition) is 5. The first-order chi connectivity index (χ1) is 11.3. The molecule has 2 rings (SSSR count). The van der Waals surface area contributed by atoms with Crippen LogP contribution in [0.5, 0.6) is 5.75 Å². The Hall–Kier alpha value is -1.31. The van der Waals surface area contributed by atoms with Crippen molar-refractivity contribution >= 4 is 27.7 Å². The fraction of sp³-hybridized carbons (Fsp3) is 0.588. The molecule has 1 heterocycles. The van der Waals surface area contributed by atoms with E-state index in [4.69, 9.17) is 18.9 Å². The van der Waals surface area contributed by atoms with E-state index in [-0.39, 0.29) is 6.29 Å². The minimum atomic E-state index is -0.554. The second-order valence-electron chi connectivity index (χ2n) is 6.43. The Kier molecular flexibility index (Phi) is 6.89. The average Bonchev–Trinajstić information content (AvgIpc) is 2.97.